The Balaban J connectivity index is 1.34. The van der Waals surface area contributed by atoms with Crippen molar-refractivity contribution in [1.29, 1.82) is 0 Å². The summed E-state index contributed by atoms with van der Waals surface area (Å²) in [7, 11) is 0. The van der Waals surface area contributed by atoms with Crippen LogP contribution in [0.2, 0.25) is 0 Å². The summed E-state index contributed by atoms with van der Waals surface area (Å²) < 4.78 is 1.95. The monoisotopic (exact) mass is 501 g/mol. The van der Waals surface area contributed by atoms with Gasteiger partial charge in [0.25, 0.3) is 5.91 Å². The zero-order valence-electron chi connectivity index (χ0n) is 21.0. The Morgan fingerprint density at radius 2 is 1.95 bits per heavy atom. The van der Waals surface area contributed by atoms with Gasteiger partial charge in [0.05, 0.1) is 16.6 Å². The van der Waals surface area contributed by atoms with Gasteiger partial charge >= 0.3 is 0 Å². The van der Waals surface area contributed by atoms with Crippen LogP contribution in [0.3, 0.4) is 0 Å². The number of pyridine rings is 2. The number of carbonyl (C=O) groups is 1. The van der Waals surface area contributed by atoms with Crippen molar-refractivity contribution >= 4 is 28.3 Å². The predicted octanol–water partition coefficient (Wildman–Crippen LogP) is 2.14. The van der Waals surface area contributed by atoms with Gasteiger partial charge in [0.15, 0.2) is 11.3 Å². The number of benzene rings is 1. The summed E-state index contributed by atoms with van der Waals surface area (Å²) in [5, 5.41) is 18.2. The maximum absolute atomic E-state index is 13.1. The molecule has 1 aliphatic heterocycles. The summed E-state index contributed by atoms with van der Waals surface area (Å²) in [6.45, 7) is 9.26. The van der Waals surface area contributed by atoms with Gasteiger partial charge in [0.2, 0.25) is 0 Å². The summed E-state index contributed by atoms with van der Waals surface area (Å²) in [5.41, 5.74) is 1.83. The Morgan fingerprint density at radius 1 is 1.14 bits per heavy atom. The fourth-order valence-corrected chi connectivity index (χ4v) is 4.46. The van der Waals surface area contributed by atoms with E-state index in [1.807, 2.05) is 34.9 Å². The Kier molecular flexibility index (Phi) is 7.24. The first-order valence-electron chi connectivity index (χ1n) is 12.5. The highest BCUT2D eigenvalue weighted by Crippen LogP contribution is 2.25. The fourth-order valence-electron chi connectivity index (χ4n) is 4.46. The summed E-state index contributed by atoms with van der Waals surface area (Å²) in [6.07, 6.45) is 1.69. The minimum Gasteiger partial charge on any atom is -0.350 e. The Bertz CT molecular complexity index is 1450. The van der Waals surface area contributed by atoms with Crippen molar-refractivity contribution in [2.24, 2.45) is 0 Å². The predicted molar refractivity (Wildman–Crippen MR) is 143 cm³/mol. The topological polar surface area (TPSA) is 133 Å². The van der Waals surface area contributed by atoms with Crippen molar-refractivity contribution in [3.63, 3.8) is 0 Å². The van der Waals surface area contributed by atoms with Crippen LogP contribution in [0.4, 0.5) is 11.5 Å². The molecule has 4 N–H and O–H groups in total. The quantitative estimate of drug-likeness (QED) is 0.289. The molecule has 0 radical (unpaired) electrons. The van der Waals surface area contributed by atoms with Crippen LogP contribution in [0.5, 0.6) is 0 Å². The SMILES string of the molecule is CC(C)n1cnnc1-c1cccc(Nc2cccc3[nH]c(C(=O)NCCN4CCNCC4)cc(=O)c23)n1. The molecule has 0 bridgehead atoms. The maximum Gasteiger partial charge on any atom is 0.267 e. The van der Waals surface area contributed by atoms with Gasteiger partial charge in [-0.05, 0) is 38.1 Å². The van der Waals surface area contributed by atoms with Crippen LogP contribution in [-0.2, 0) is 0 Å². The van der Waals surface area contributed by atoms with Crippen molar-refractivity contribution in [3.8, 4) is 11.5 Å². The molecule has 0 saturated carbocycles. The highest BCUT2D eigenvalue weighted by Gasteiger charge is 2.15. The van der Waals surface area contributed by atoms with Gasteiger partial charge in [-0.25, -0.2) is 4.98 Å². The number of nitrogens with zero attached hydrogens (tertiary/aromatic N) is 5. The molecule has 11 nitrogen and oxygen atoms in total. The van der Waals surface area contributed by atoms with Crippen LogP contribution in [0, 0.1) is 0 Å². The molecule has 4 aromatic rings. The molecule has 37 heavy (non-hydrogen) atoms. The standard InChI is InChI=1S/C26H31N9O2/c1-17(2)35-16-29-33-25(35)20-7-4-8-23(32-20)31-19-6-3-5-18-24(19)22(36)15-21(30-18)26(37)28-11-14-34-12-9-27-10-13-34/h3-8,15-17,27H,9-14H2,1-2H3,(H,28,37)(H,30,36)(H,31,32). The van der Waals surface area contributed by atoms with Crippen molar-refractivity contribution in [2.75, 3.05) is 44.6 Å². The zero-order valence-corrected chi connectivity index (χ0v) is 21.0. The summed E-state index contributed by atoms with van der Waals surface area (Å²) in [4.78, 5) is 36.0. The van der Waals surface area contributed by atoms with Gasteiger partial charge in [-0.2, -0.15) is 0 Å². The van der Waals surface area contributed by atoms with E-state index in [-0.39, 0.29) is 23.1 Å². The van der Waals surface area contributed by atoms with E-state index in [9.17, 15) is 9.59 Å². The number of rotatable bonds is 8. The van der Waals surface area contributed by atoms with Gasteiger partial charge < -0.3 is 25.5 Å². The first-order valence-corrected chi connectivity index (χ1v) is 12.5. The number of hydrogen-bond donors (Lipinski definition) is 4. The number of hydrogen-bond acceptors (Lipinski definition) is 8. The molecule has 4 heterocycles. The second-order valence-corrected chi connectivity index (χ2v) is 9.31. The lowest BCUT2D eigenvalue weighted by Gasteiger charge is -2.27. The van der Waals surface area contributed by atoms with Crippen molar-refractivity contribution < 1.29 is 4.79 Å². The van der Waals surface area contributed by atoms with Crippen LogP contribution in [0.1, 0.15) is 30.4 Å². The van der Waals surface area contributed by atoms with E-state index in [4.69, 9.17) is 0 Å². The lowest BCUT2D eigenvalue weighted by atomic mass is 10.1. The third-order valence-electron chi connectivity index (χ3n) is 6.39. The molecule has 1 aromatic carbocycles. The van der Waals surface area contributed by atoms with Crippen LogP contribution < -0.4 is 21.4 Å². The van der Waals surface area contributed by atoms with E-state index in [2.05, 4.69) is 54.9 Å². The van der Waals surface area contributed by atoms with Crippen molar-refractivity contribution in [1.82, 2.24) is 40.3 Å². The largest absolute Gasteiger partial charge is 0.350 e. The zero-order chi connectivity index (χ0) is 25.8. The smallest absolute Gasteiger partial charge is 0.267 e. The van der Waals surface area contributed by atoms with Gasteiger partial charge in [-0.15, -0.1) is 10.2 Å². The van der Waals surface area contributed by atoms with E-state index < -0.39 is 0 Å². The Labute approximate surface area is 214 Å². The normalized spacial score (nSPS) is 14.2. The van der Waals surface area contributed by atoms with E-state index in [1.54, 1.807) is 12.4 Å². The number of piperazine rings is 1. The van der Waals surface area contributed by atoms with E-state index >= 15 is 0 Å². The van der Waals surface area contributed by atoms with Gasteiger partial charge in [-0.3, -0.25) is 14.5 Å². The molecule has 3 aromatic heterocycles. The number of fused-ring (bicyclic) bond motifs is 1. The third kappa shape index (κ3) is 5.52. The summed E-state index contributed by atoms with van der Waals surface area (Å²) in [5.74, 6) is 0.940. The minimum atomic E-state index is -0.295. The van der Waals surface area contributed by atoms with E-state index in [0.717, 1.165) is 32.7 Å². The average Bonchev–Trinajstić information content (AvgIpc) is 3.40. The number of nitrogens with one attached hydrogen (secondary N) is 4. The van der Waals surface area contributed by atoms with Crippen molar-refractivity contribution in [2.45, 2.75) is 19.9 Å². The molecule has 5 rings (SSSR count). The Morgan fingerprint density at radius 3 is 2.76 bits per heavy atom. The van der Waals surface area contributed by atoms with Crippen LogP contribution >= 0.6 is 0 Å². The van der Waals surface area contributed by atoms with E-state index in [0.29, 0.717) is 40.5 Å². The number of aromatic amines is 1. The number of anilines is 2. The first-order chi connectivity index (χ1) is 18.0. The molecule has 1 amide bonds. The molecule has 0 spiro atoms. The third-order valence-corrected chi connectivity index (χ3v) is 6.39. The average molecular weight is 502 g/mol. The lowest BCUT2D eigenvalue weighted by Crippen LogP contribution is -2.46. The molecule has 0 atom stereocenters. The second-order valence-electron chi connectivity index (χ2n) is 9.31. The Hall–Kier alpha value is -4.09. The molecule has 1 fully saturated rings. The number of H-pyrrole nitrogens is 1. The van der Waals surface area contributed by atoms with Gasteiger partial charge in [0.1, 0.15) is 23.5 Å². The first kappa shape index (κ1) is 24.6. The molecular formula is C26H31N9O2. The summed E-state index contributed by atoms with van der Waals surface area (Å²) in [6, 6.07) is 12.5. The lowest BCUT2D eigenvalue weighted by molar-refractivity contribution is 0.0942. The molecule has 192 valence electrons. The second kappa shape index (κ2) is 10.9. The number of amides is 1. The number of aromatic nitrogens is 5. The molecule has 1 saturated heterocycles. The molecular weight excluding hydrogens is 470 g/mol. The minimum absolute atomic E-state index is 0.188. The molecule has 0 aliphatic carbocycles. The highest BCUT2D eigenvalue weighted by molar-refractivity contribution is 5.98. The maximum atomic E-state index is 13.1. The van der Waals surface area contributed by atoms with Crippen LogP contribution in [0.15, 0.2) is 53.6 Å². The summed E-state index contributed by atoms with van der Waals surface area (Å²) >= 11 is 0. The van der Waals surface area contributed by atoms with E-state index in [1.165, 1.54) is 6.07 Å². The fraction of sp³-hybridized carbons (Fsp3) is 0.346. The number of carbonyl (C=O) groups excluding carboxylic acids is 1. The van der Waals surface area contributed by atoms with Gasteiger partial charge in [-0.1, -0.05) is 12.1 Å². The van der Waals surface area contributed by atoms with Gasteiger partial charge in [0, 0.05) is 51.4 Å². The van der Waals surface area contributed by atoms with Crippen LogP contribution in [0.25, 0.3) is 22.4 Å². The highest BCUT2D eigenvalue weighted by atomic mass is 16.2. The van der Waals surface area contributed by atoms with Crippen LogP contribution in [-0.4, -0.2) is 74.8 Å². The molecule has 1 aliphatic rings. The van der Waals surface area contributed by atoms with Crippen molar-refractivity contribution in [3.05, 3.63) is 64.7 Å². The molecule has 0 unspecified atom stereocenters. The molecule has 11 heteroatoms.